The monoisotopic (exact) mass is 260 g/mol. The van der Waals surface area contributed by atoms with Crippen LogP contribution in [0, 0.1) is 0 Å². The van der Waals surface area contributed by atoms with Gasteiger partial charge in [0, 0.05) is 13.7 Å². The predicted octanol–water partition coefficient (Wildman–Crippen LogP) is -2.35. The van der Waals surface area contributed by atoms with Gasteiger partial charge in [-0.05, 0) is 6.92 Å². The van der Waals surface area contributed by atoms with E-state index in [2.05, 4.69) is 19.9 Å². The Balaban J connectivity index is 0. The fourth-order valence-corrected chi connectivity index (χ4v) is 1.08. The van der Waals surface area contributed by atoms with Crippen molar-refractivity contribution >= 4 is 18.1 Å². The molecule has 92 valence electrons. The zero-order valence-corrected chi connectivity index (χ0v) is 10.5. The summed E-state index contributed by atoms with van der Waals surface area (Å²) in [7, 11) is -6.76. The summed E-state index contributed by atoms with van der Waals surface area (Å²) in [6.07, 6.45) is 0.770. The normalized spacial score (nSPS) is 11.4. The van der Waals surface area contributed by atoms with Crippen LogP contribution in [0.15, 0.2) is 12.8 Å². The Kier molecular flexibility index (Phi) is 9.03. The lowest BCUT2D eigenvalue weighted by Gasteiger charge is -2.11. The smallest absolute Gasteiger partial charge is 0.488 e. The Morgan fingerprint density at radius 3 is 1.73 bits per heavy atom. The van der Waals surface area contributed by atoms with E-state index in [-0.39, 0.29) is 6.61 Å². The first-order chi connectivity index (χ1) is 6.68. The summed E-state index contributed by atoms with van der Waals surface area (Å²) in [5.74, 6) is 0. The average molecular weight is 260 g/mol. The Hall–Kier alpha value is -0.306. The Morgan fingerprint density at radius 1 is 1.20 bits per heavy atom. The predicted molar refractivity (Wildman–Crippen MR) is 52.5 cm³/mol. The molecule has 0 aromatic carbocycles. The maximum absolute atomic E-state index is 8.57. The van der Waals surface area contributed by atoms with Gasteiger partial charge in [-0.3, -0.25) is 0 Å². The molecule has 8 nitrogen and oxygen atoms in total. The van der Waals surface area contributed by atoms with Crippen molar-refractivity contribution in [2.75, 3.05) is 13.7 Å². The molecule has 0 spiro atoms. The molecule has 10 heteroatoms. The Morgan fingerprint density at radius 2 is 1.67 bits per heavy atom. The molecule has 15 heavy (non-hydrogen) atoms. The van der Waals surface area contributed by atoms with E-state index in [1.165, 1.54) is 7.11 Å². The van der Waals surface area contributed by atoms with Gasteiger partial charge >= 0.3 is 18.1 Å². The Bertz CT molecular complexity index is 167. The third kappa shape index (κ3) is 16.4. The molecule has 0 saturated carbocycles. The van der Waals surface area contributed by atoms with Gasteiger partial charge in [0.2, 0.25) is 0 Å². The van der Waals surface area contributed by atoms with Crippen LogP contribution in [0.5, 0.6) is 0 Å². The molecule has 0 bridgehead atoms. The number of rotatable bonds is 5. The van der Waals surface area contributed by atoms with Crippen LogP contribution in [0.1, 0.15) is 6.92 Å². The van der Waals surface area contributed by atoms with Crippen molar-refractivity contribution in [1.29, 1.82) is 0 Å². The van der Waals surface area contributed by atoms with Gasteiger partial charge in [-0.15, -0.1) is 0 Å². The SMILES string of the molecule is C=CO[Si](O)(O)O.CCO[Si](O)(O)OC. The van der Waals surface area contributed by atoms with Crippen LogP contribution in [-0.4, -0.2) is 55.8 Å². The highest BCUT2D eigenvalue weighted by Gasteiger charge is 2.33. The van der Waals surface area contributed by atoms with Crippen LogP contribution in [-0.2, 0) is 13.3 Å². The van der Waals surface area contributed by atoms with Crippen molar-refractivity contribution in [1.82, 2.24) is 0 Å². The van der Waals surface area contributed by atoms with Crippen molar-refractivity contribution < 1.29 is 37.3 Å². The third-order valence-electron chi connectivity index (χ3n) is 0.840. The maximum atomic E-state index is 8.57. The van der Waals surface area contributed by atoms with E-state index in [0.717, 1.165) is 6.26 Å². The fraction of sp³-hybridized carbons (Fsp3) is 0.600. The first-order valence-electron chi connectivity index (χ1n) is 3.78. The zero-order valence-electron chi connectivity index (χ0n) is 8.45. The van der Waals surface area contributed by atoms with Gasteiger partial charge < -0.3 is 37.3 Å². The molecule has 0 amide bonds. The molecule has 0 unspecified atom stereocenters. The second-order valence-electron chi connectivity index (χ2n) is 2.04. The summed E-state index contributed by atoms with van der Waals surface area (Å²) >= 11 is 0. The molecule has 5 N–H and O–H groups in total. The highest BCUT2D eigenvalue weighted by Crippen LogP contribution is 1.93. The summed E-state index contributed by atoms with van der Waals surface area (Å²) < 4.78 is 12.4. The summed E-state index contributed by atoms with van der Waals surface area (Å²) in [5, 5.41) is 0. The average Bonchev–Trinajstić information content (AvgIpc) is 2.03. The number of hydrogen-bond acceptors (Lipinski definition) is 8. The lowest BCUT2D eigenvalue weighted by atomic mass is 10.9. The first-order valence-corrected chi connectivity index (χ1v) is 7.24. The Labute approximate surface area is 89.6 Å². The lowest BCUT2D eigenvalue weighted by Crippen LogP contribution is -2.41. The highest BCUT2D eigenvalue weighted by molar-refractivity contribution is 6.50. The largest absolute Gasteiger partial charge is 0.740 e. The second kappa shape index (κ2) is 7.92. The van der Waals surface area contributed by atoms with E-state index in [9.17, 15) is 0 Å². The van der Waals surface area contributed by atoms with Crippen LogP contribution in [0.3, 0.4) is 0 Å². The molecule has 0 aromatic rings. The van der Waals surface area contributed by atoms with Crippen molar-refractivity contribution in [3.05, 3.63) is 12.8 Å². The quantitative estimate of drug-likeness (QED) is 0.274. The zero-order chi connectivity index (χ0) is 12.5. The van der Waals surface area contributed by atoms with Crippen LogP contribution in [0.25, 0.3) is 0 Å². The summed E-state index contributed by atoms with van der Waals surface area (Å²) in [5.41, 5.74) is 0. The van der Waals surface area contributed by atoms with E-state index in [4.69, 9.17) is 24.0 Å². The molecule has 0 aliphatic heterocycles. The van der Waals surface area contributed by atoms with Crippen molar-refractivity contribution in [2.45, 2.75) is 6.92 Å². The van der Waals surface area contributed by atoms with E-state index in [1.807, 2.05) is 0 Å². The first kappa shape index (κ1) is 17.1. The molecule has 0 aliphatic rings. The van der Waals surface area contributed by atoms with Crippen LogP contribution < -0.4 is 0 Å². The second-order valence-corrected chi connectivity index (χ2v) is 5.22. The van der Waals surface area contributed by atoms with E-state index >= 15 is 0 Å². The van der Waals surface area contributed by atoms with Gasteiger partial charge in [0.15, 0.2) is 0 Å². The van der Waals surface area contributed by atoms with E-state index in [1.54, 1.807) is 6.92 Å². The molecule has 0 fully saturated rings. The van der Waals surface area contributed by atoms with Crippen LogP contribution in [0.4, 0.5) is 0 Å². The van der Waals surface area contributed by atoms with Crippen molar-refractivity contribution in [2.24, 2.45) is 0 Å². The van der Waals surface area contributed by atoms with Gasteiger partial charge in [-0.1, -0.05) is 6.58 Å². The topological polar surface area (TPSA) is 129 Å². The number of hydrogen-bond donors (Lipinski definition) is 5. The molecular formula is C5H16O8Si2. The summed E-state index contributed by atoms with van der Waals surface area (Å²) in [6, 6.07) is 0. The third-order valence-corrected chi connectivity index (χ3v) is 2.52. The lowest BCUT2D eigenvalue weighted by molar-refractivity contribution is 0.0467. The van der Waals surface area contributed by atoms with E-state index in [0.29, 0.717) is 0 Å². The molecule has 0 radical (unpaired) electrons. The summed E-state index contributed by atoms with van der Waals surface area (Å²) in [6.45, 7) is 4.90. The van der Waals surface area contributed by atoms with Gasteiger partial charge in [0.05, 0.1) is 6.26 Å². The van der Waals surface area contributed by atoms with Crippen molar-refractivity contribution in [3.63, 3.8) is 0 Å². The fourth-order valence-electron chi connectivity index (χ4n) is 0.359. The molecule has 0 heterocycles. The van der Waals surface area contributed by atoms with Crippen LogP contribution in [0.2, 0.25) is 0 Å². The molecule has 0 saturated heterocycles. The van der Waals surface area contributed by atoms with Gasteiger partial charge in [-0.2, -0.15) is 0 Å². The molecule has 0 atom stereocenters. The molecule has 0 rings (SSSR count). The minimum absolute atomic E-state index is 0.257. The van der Waals surface area contributed by atoms with Crippen LogP contribution >= 0.6 is 0 Å². The minimum Gasteiger partial charge on any atom is -0.488 e. The van der Waals surface area contributed by atoms with Gasteiger partial charge in [-0.25, -0.2) is 0 Å². The maximum Gasteiger partial charge on any atom is 0.740 e. The molecular weight excluding hydrogens is 244 g/mol. The summed E-state index contributed by atoms with van der Waals surface area (Å²) in [4.78, 5) is 41.1. The molecule has 0 aromatic heterocycles. The standard InChI is InChI=1S/C3H10O4Si.C2H6O4Si/c1-3-7-8(4,5)6-2;1-2-6-7(3,4)5/h4-5H,3H2,1-2H3;2-5H,1H2. The van der Waals surface area contributed by atoms with Gasteiger partial charge in [0.25, 0.3) is 0 Å². The highest BCUT2D eigenvalue weighted by atomic mass is 28.4. The van der Waals surface area contributed by atoms with Crippen molar-refractivity contribution in [3.8, 4) is 0 Å². The molecule has 0 aliphatic carbocycles. The van der Waals surface area contributed by atoms with Gasteiger partial charge in [0.1, 0.15) is 0 Å². The minimum atomic E-state index is -4.28. The van der Waals surface area contributed by atoms with E-state index < -0.39 is 18.1 Å².